The molecular formula is C10H19N3O2S. The molecule has 0 amide bonds. The largest absolute Gasteiger partial charge is 0.280 e. The molecule has 1 heterocycles. The third-order valence-corrected chi connectivity index (χ3v) is 4.41. The molecule has 0 aromatic rings. The molecule has 5 nitrogen and oxygen atoms in total. The lowest BCUT2D eigenvalue weighted by atomic mass is 10.0. The summed E-state index contributed by atoms with van der Waals surface area (Å²) in [7, 11) is -3.48. The summed E-state index contributed by atoms with van der Waals surface area (Å²) in [5, 5.41) is 8.74. The Labute approximate surface area is 97.6 Å². The van der Waals surface area contributed by atoms with Gasteiger partial charge in [-0.1, -0.05) is 13.8 Å². The molecule has 0 saturated carbocycles. The zero-order chi connectivity index (χ0) is 12.2. The molecule has 1 rings (SSSR count). The minimum absolute atomic E-state index is 0.396. The summed E-state index contributed by atoms with van der Waals surface area (Å²) in [5.74, 6) is 0.396. The number of nitrogens with one attached hydrogen (secondary N) is 1. The molecule has 0 aromatic carbocycles. The van der Waals surface area contributed by atoms with Crippen molar-refractivity contribution >= 4 is 10.2 Å². The maximum Gasteiger partial charge on any atom is 0.280 e. The summed E-state index contributed by atoms with van der Waals surface area (Å²) in [6.07, 6.45) is 2.45. The Hall–Kier alpha value is -0.640. The Bertz CT molecular complexity index is 361. The lowest BCUT2D eigenvalue weighted by Crippen LogP contribution is -2.48. The van der Waals surface area contributed by atoms with Crippen molar-refractivity contribution in [2.75, 3.05) is 13.1 Å². The SMILES string of the molecule is CCC(C#N)NS(=O)(=O)N1CCCC(C)C1. The van der Waals surface area contributed by atoms with Gasteiger partial charge < -0.3 is 0 Å². The summed E-state index contributed by atoms with van der Waals surface area (Å²) in [6, 6.07) is 1.32. The monoisotopic (exact) mass is 245 g/mol. The minimum Gasteiger partial charge on any atom is -0.197 e. The summed E-state index contributed by atoms with van der Waals surface area (Å²) >= 11 is 0. The van der Waals surface area contributed by atoms with Crippen LogP contribution < -0.4 is 4.72 Å². The van der Waals surface area contributed by atoms with Crippen LogP contribution in [-0.4, -0.2) is 31.9 Å². The van der Waals surface area contributed by atoms with E-state index in [1.165, 1.54) is 4.31 Å². The van der Waals surface area contributed by atoms with E-state index in [0.717, 1.165) is 12.8 Å². The summed E-state index contributed by atoms with van der Waals surface area (Å²) in [6.45, 7) is 4.94. The van der Waals surface area contributed by atoms with Crippen LogP contribution in [0.1, 0.15) is 33.1 Å². The van der Waals surface area contributed by atoms with Crippen LogP contribution in [0.3, 0.4) is 0 Å². The van der Waals surface area contributed by atoms with Gasteiger partial charge >= 0.3 is 0 Å². The van der Waals surface area contributed by atoms with Gasteiger partial charge in [0.25, 0.3) is 10.2 Å². The highest BCUT2D eigenvalue weighted by atomic mass is 32.2. The van der Waals surface area contributed by atoms with Crippen molar-refractivity contribution in [2.24, 2.45) is 5.92 Å². The summed E-state index contributed by atoms with van der Waals surface area (Å²) < 4.78 is 27.7. The van der Waals surface area contributed by atoms with Crippen molar-refractivity contribution < 1.29 is 8.42 Å². The van der Waals surface area contributed by atoms with Gasteiger partial charge in [-0.05, 0) is 25.2 Å². The van der Waals surface area contributed by atoms with E-state index in [1.807, 2.05) is 13.0 Å². The third kappa shape index (κ3) is 3.44. The quantitative estimate of drug-likeness (QED) is 0.798. The van der Waals surface area contributed by atoms with E-state index < -0.39 is 16.3 Å². The molecule has 0 bridgehead atoms. The van der Waals surface area contributed by atoms with Crippen molar-refractivity contribution in [2.45, 2.75) is 39.2 Å². The van der Waals surface area contributed by atoms with Crippen LogP contribution in [0.2, 0.25) is 0 Å². The average molecular weight is 245 g/mol. The second kappa shape index (κ2) is 5.62. The van der Waals surface area contributed by atoms with E-state index in [4.69, 9.17) is 5.26 Å². The van der Waals surface area contributed by atoms with Crippen LogP contribution in [0.25, 0.3) is 0 Å². The molecule has 0 aliphatic carbocycles. The van der Waals surface area contributed by atoms with Gasteiger partial charge in [-0.25, -0.2) is 0 Å². The number of nitriles is 1. The molecule has 1 N–H and O–H groups in total. The van der Waals surface area contributed by atoms with E-state index in [1.54, 1.807) is 6.92 Å². The third-order valence-electron chi connectivity index (χ3n) is 2.81. The van der Waals surface area contributed by atoms with Crippen molar-refractivity contribution in [3.8, 4) is 6.07 Å². The van der Waals surface area contributed by atoms with Gasteiger partial charge in [0.1, 0.15) is 6.04 Å². The van der Waals surface area contributed by atoms with E-state index >= 15 is 0 Å². The van der Waals surface area contributed by atoms with Crippen LogP contribution >= 0.6 is 0 Å². The zero-order valence-corrected chi connectivity index (χ0v) is 10.6. The van der Waals surface area contributed by atoms with Gasteiger partial charge in [-0.15, -0.1) is 0 Å². The van der Waals surface area contributed by atoms with Crippen molar-refractivity contribution in [3.05, 3.63) is 0 Å². The first-order valence-corrected chi connectivity index (χ1v) is 7.10. The standard InChI is InChI=1S/C10H19N3O2S/c1-3-10(7-11)12-16(14,15)13-6-4-5-9(2)8-13/h9-10,12H,3-6,8H2,1-2H3. The second-order valence-corrected chi connectivity index (χ2v) is 6.02. The Morgan fingerprint density at radius 1 is 1.62 bits per heavy atom. The highest BCUT2D eigenvalue weighted by Gasteiger charge is 2.28. The van der Waals surface area contributed by atoms with Gasteiger partial charge in [-0.2, -0.15) is 22.7 Å². The topological polar surface area (TPSA) is 73.2 Å². The number of piperidine rings is 1. The maximum atomic E-state index is 11.9. The smallest absolute Gasteiger partial charge is 0.197 e. The first-order valence-electron chi connectivity index (χ1n) is 5.66. The Morgan fingerprint density at radius 2 is 2.31 bits per heavy atom. The first-order chi connectivity index (χ1) is 7.49. The van der Waals surface area contributed by atoms with Gasteiger partial charge in [-0.3, -0.25) is 0 Å². The molecule has 2 atom stereocenters. The van der Waals surface area contributed by atoms with Crippen molar-refractivity contribution in [3.63, 3.8) is 0 Å². The number of rotatable bonds is 4. The summed E-state index contributed by atoms with van der Waals surface area (Å²) in [4.78, 5) is 0. The molecule has 0 aromatic heterocycles. The number of hydrogen-bond acceptors (Lipinski definition) is 3. The lowest BCUT2D eigenvalue weighted by Gasteiger charge is -2.30. The number of nitrogens with zero attached hydrogens (tertiary/aromatic N) is 2. The van der Waals surface area contributed by atoms with Gasteiger partial charge in [0, 0.05) is 13.1 Å². The fourth-order valence-electron chi connectivity index (χ4n) is 1.82. The normalized spacial score (nSPS) is 24.9. The minimum atomic E-state index is -3.48. The van der Waals surface area contributed by atoms with Gasteiger partial charge in [0.05, 0.1) is 6.07 Å². The molecule has 1 fully saturated rings. The summed E-state index contributed by atoms with van der Waals surface area (Å²) in [5.41, 5.74) is 0. The van der Waals surface area contributed by atoms with Gasteiger partial charge in [0.15, 0.2) is 0 Å². The van der Waals surface area contributed by atoms with Crippen LogP contribution in [-0.2, 0) is 10.2 Å². The fraction of sp³-hybridized carbons (Fsp3) is 0.900. The van der Waals surface area contributed by atoms with E-state index in [2.05, 4.69) is 4.72 Å². The molecule has 1 aliphatic heterocycles. The fourth-order valence-corrected chi connectivity index (χ4v) is 3.37. The Balaban J connectivity index is 2.66. The van der Waals surface area contributed by atoms with E-state index in [9.17, 15) is 8.42 Å². The molecule has 1 saturated heterocycles. The van der Waals surface area contributed by atoms with E-state index in [-0.39, 0.29) is 0 Å². The first kappa shape index (κ1) is 13.4. The average Bonchev–Trinajstić information content (AvgIpc) is 2.26. The van der Waals surface area contributed by atoms with Gasteiger partial charge in [0.2, 0.25) is 0 Å². The molecular weight excluding hydrogens is 226 g/mol. The predicted octanol–water partition coefficient (Wildman–Crippen LogP) is 0.855. The van der Waals surface area contributed by atoms with Crippen LogP contribution in [0.15, 0.2) is 0 Å². The molecule has 0 spiro atoms. The zero-order valence-electron chi connectivity index (χ0n) is 9.81. The second-order valence-electron chi connectivity index (χ2n) is 4.32. The van der Waals surface area contributed by atoms with Crippen molar-refractivity contribution in [1.82, 2.24) is 9.03 Å². The predicted molar refractivity (Wildman–Crippen MR) is 61.7 cm³/mol. The number of hydrogen-bond donors (Lipinski definition) is 1. The molecule has 2 unspecified atom stereocenters. The molecule has 1 aliphatic rings. The van der Waals surface area contributed by atoms with E-state index in [0.29, 0.717) is 25.4 Å². The van der Waals surface area contributed by atoms with Crippen LogP contribution in [0.4, 0.5) is 0 Å². The lowest BCUT2D eigenvalue weighted by molar-refractivity contribution is 0.277. The maximum absolute atomic E-state index is 11.9. The molecule has 6 heteroatoms. The Kier molecular flexibility index (Phi) is 4.71. The molecule has 16 heavy (non-hydrogen) atoms. The van der Waals surface area contributed by atoms with Crippen LogP contribution in [0.5, 0.6) is 0 Å². The Morgan fingerprint density at radius 3 is 2.81 bits per heavy atom. The molecule has 92 valence electrons. The highest BCUT2D eigenvalue weighted by molar-refractivity contribution is 7.87. The molecule has 0 radical (unpaired) electrons. The van der Waals surface area contributed by atoms with Crippen molar-refractivity contribution in [1.29, 1.82) is 5.26 Å². The highest BCUT2D eigenvalue weighted by Crippen LogP contribution is 2.17. The van der Waals surface area contributed by atoms with Crippen LogP contribution in [0, 0.1) is 17.2 Å².